The molecule has 3 aromatic rings. The Kier molecular flexibility index (Phi) is 5.12. The van der Waals surface area contributed by atoms with Crippen molar-refractivity contribution in [2.75, 3.05) is 18.9 Å². The number of anilines is 2. The van der Waals surface area contributed by atoms with Crippen LogP contribution in [0.1, 0.15) is 23.9 Å². The zero-order valence-electron chi connectivity index (χ0n) is 16.9. The first-order valence-electron chi connectivity index (χ1n) is 9.61. The highest BCUT2D eigenvalue weighted by atomic mass is 16.2. The first-order valence-corrected chi connectivity index (χ1v) is 9.61. The second-order valence-electron chi connectivity index (χ2n) is 7.15. The van der Waals surface area contributed by atoms with E-state index in [9.17, 15) is 4.79 Å². The van der Waals surface area contributed by atoms with Crippen molar-refractivity contribution in [2.24, 2.45) is 12.0 Å². The fraction of sp³-hybridized carbons (Fsp3) is 0.273. The average Bonchev–Trinajstić information content (AvgIpc) is 3.04. The second-order valence-corrected chi connectivity index (χ2v) is 7.15. The molecule has 0 aliphatic carbocycles. The minimum Gasteiger partial charge on any atom is -0.338 e. The van der Waals surface area contributed by atoms with Crippen LogP contribution in [-0.4, -0.2) is 45.4 Å². The van der Waals surface area contributed by atoms with E-state index in [2.05, 4.69) is 32.5 Å². The molecule has 0 saturated heterocycles. The monoisotopic (exact) mass is 388 g/mol. The molecule has 7 nitrogen and oxygen atoms in total. The van der Waals surface area contributed by atoms with Gasteiger partial charge in [0.1, 0.15) is 0 Å². The highest BCUT2D eigenvalue weighted by molar-refractivity contribution is 5.78. The molecule has 0 fully saturated rings. The molecule has 0 atom stereocenters. The lowest BCUT2D eigenvalue weighted by Gasteiger charge is -2.26. The van der Waals surface area contributed by atoms with Crippen LogP contribution in [0.25, 0.3) is 11.1 Å². The van der Waals surface area contributed by atoms with Gasteiger partial charge < -0.3 is 10.2 Å². The Balaban J connectivity index is 1.53. The maximum Gasteiger partial charge on any atom is 0.219 e. The van der Waals surface area contributed by atoms with Gasteiger partial charge in [0.15, 0.2) is 5.82 Å². The fourth-order valence-electron chi connectivity index (χ4n) is 3.63. The Morgan fingerprint density at radius 1 is 1.17 bits per heavy atom. The third-order valence-electron chi connectivity index (χ3n) is 5.22. The molecule has 0 spiro atoms. The van der Waals surface area contributed by atoms with E-state index in [4.69, 9.17) is 0 Å². The van der Waals surface area contributed by atoms with E-state index in [0.717, 1.165) is 46.9 Å². The number of aliphatic imine (C=N–C) groups is 1. The number of aryl methyl sites for hydroxylation is 1. The average molecular weight is 388 g/mol. The maximum absolute atomic E-state index is 11.8. The van der Waals surface area contributed by atoms with Crippen LogP contribution in [0.3, 0.4) is 0 Å². The number of hydrogen-bond donors (Lipinski definition) is 1. The van der Waals surface area contributed by atoms with Gasteiger partial charge in [-0.15, -0.1) is 0 Å². The molecule has 0 saturated carbocycles. The van der Waals surface area contributed by atoms with Crippen molar-refractivity contribution < 1.29 is 4.79 Å². The number of benzene rings is 1. The number of amides is 1. The van der Waals surface area contributed by atoms with Crippen LogP contribution in [0.5, 0.6) is 0 Å². The fourth-order valence-corrected chi connectivity index (χ4v) is 3.63. The smallest absolute Gasteiger partial charge is 0.219 e. The molecule has 3 heterocycles. The SMILES string of the molecule is C/N=C/c1ccc(-c2ccc(Nc3nn(C)c4c3CN(C(C)=O)CC4)cc2)cn1. The summed E-state index contributed by atoms with van der Waals surface area (Å²) >= 11 is 0. The zero-order chi connectivity index (χ0) is 20.4. The number of carbonyl (C=O) groups excluding carboxylic acids is 1. The number of fused-ring (bicyclic) bond motifs is 1. The Hall–Kier alpha value is -3.48. The summed E-state index contributed by atoms with van der Waals surface area (Å²) in [6.07, 6.45) is 4.41. The van der Waals surface area contributed by atoms with E-state index in [1.165, 1.54) is 5.69 Å². The molecular formula is C22H24N6O. The summed E-state index contributed by atoms with van der Waals surface area (Å²) in [7, 11) is 3.69. The molecule has 1 N–H and O–H groups in total. The van der Waals surface area contributed by atoms with E-state index in [1.54, 1.807) is 20.2 Å². The van der Waals surface area contributed by atoms with Gasteiger partial charge in [0.05, 0.1) is 12.2 Å². The predicted octanol–water partition coefficient (Wildman–Crippen LogP) is 3.18. The molecule has 0 bridgehead atoms. The molecule has 1 aliphatic heterocycles. The molecule has 7 heteroatoms. The number of nitrogens with zero attached hydrogens (tertiary/aromatic N) is 5. The summed E-state index contributed by atoms with van der Waals surface area (Å²) in [5.41, 5.74) is 6.22. The van der Waals surface area contributed by atoms with Crippen molar-refractivity contribution in [3.8, 4) is 11.1 Å². The van der Waals surface area contributed by atoms with E-state index < -0.39 is 0 Å². The van der Waals surface area contributed by atoms with Crippen LogP contribution in [0.4, 0.5) is 11.5 Å². The first kappa shape index (κ1) is 18.9. The number of rotatable bonds is 4. The lowest BCUT2D eigenvalue weighted by Crippen LogP contribution is -2.34. The summed E-state index contributed by atoms with van der Waals surface area (Å²) in [4.78, 5) is 22.0. The summed E-state index contributed by atoms with van der Waals surface area (Å²) in [5, 5.41) is 8.05. The zero-order valence-corrected chi connectivity index (χ0v) is 16.9. The van der Waals surface area contributed by atoms with Crippen molar-refractivity contribution in [3.63, 3.8) is 0 Å². The van der Waals surface area contributed by atoms with Gasteiger partial charge in [0.25, 0.3) is 0 Å². The molecule has 4 rings (SSSR count). The Morgan fingerprint density at radius 2 is 1.93 bits per heavy atom. The van der Waals surface area contributed by atoms with Crippen molar-refractivity contribution >= 4 is 23.6 Å². The number of pyridine rings is 1. The van der Waals surface area contributed by atoms with Crippen molar-refractivity contribution in [2.45, 2.75) is 19.9 Å². The summed E-state index contributed by atoms with van der Waals surface area (Å²) in [6.45, 7) is 2.95. The number of aromatic nitrogens is 3. The number of hydrogen-bond acceptors (Lipinski definition) is 5. The molecule has 148 valence electrons. The third-order valence-corrected chi connectivity index (χ3v) is 5.22. The van der Waals surface area contributed by atoms with Gasteiger partial charge in [-0.05, 0) is 23.8 Å². The summed E-state index contributed by atoms with van der Waals surface area (Å²) < 4.78 is 1.91. The van der Waals surface area contributed by atoms with Crippen molar-refractivity contribution in [3.05, 3.63) is 59.5 Å². The number of nitrogens with one attached hydrogen (secondary N) is 1. The minimum atomic E-state index is 0.0969. The van der Waals surface area contributed by atoms with E-state index >= 15 is 0 Å². The van der Waals surface area contributed by atoms with Gasteiger partial charge in [0, 0.05) is 68.9 Å². The van der Waals surface area contributed by atoms with Crippen molar-refractivity contribution in [1.29, 1.82) is 0 Å². The lowest BCUT2D eigenvalue weighted by atomic mass is 10.1. The Morgan fingerprint density at radius 3 is 2.59 bits per heavy atom. The topological polar surface area (TPSA) is 75.4 Å². The lowest BCUT2D eigenvalue weighted by molar-refractivity contribution is -0.129. The summed E-state index contributed by atoms with van der Waals surface area (Å²) in [5.74, 6) is 0.908. The van der Waals surface area contributed by atoms with Crippen LogP contribution in [0, 0.1) is 0 Å². The highest BCUT2D eigenvalue weighted by Crippen LogP contribution is 2.29. The minimum absolute atomic E-state index is 0.0969. The molecule has 1 aliphatic rings. The molecule has 1 amide bonds. The van der Waals surface area contributed by atoms with Crippen LogP contribution in [-0.2, 0) is 24.8 Å². The maximum atomic E-state index is 11.8. The van der Waals surface area contributed by atoms with Gasteiger partial charge in [0.2, 0.25) is 5.91 Å². The van der Waals surface area contributed by atoms with E-state index in [1.807, 2.05) is 47.1 Å². The molecule has 0 unspecified atom stereocenters. The van der Waals surface area contributed by atoms with Gasteiger partial charge in [-0.2, -0.15) is 5.10 Å². The first-order chi connectivity index (χ1) is 14.0. The molecular weight excluding hydrogens is 364 g/mol. The Bertz CT molecular complexity index is 1050. The standard InChI is InChI=1S/C22H24N6O/c1-15(29)28-11-10-21-20(14-28)22(26-27(21)3)25-18-7-4-16(5-8-18)17-6-9-19(13-23-2)24-12-17/h4-9,12-13H,10-11,14H2,1-3H3,(H,25,26)/b23-13+. The van der Waals surface area contributed by atoms with E-state index in [-0.39, 0.29) is 5.91 Å². The van der Waals surface area contributed by atoms with Gasteiger partial charge >= 0.3 is 0 Å². The molecule has 2 aromatic heterocycles. The predicted molar refractivity (Wildman–Crippen MR) is 114 cm³/mol. The quantitative estimate of drug-likeness (QED) is 0.697. The van der Waals surface area contributed by atoms with Crippen LogP contribution >= 0.6 is 0 Å². The van der Waals surface area contributed by atoms with Gasteiger partial charge in [-0.1, -0.05) is 18.2 Å². The molecule has 0 radical (unpaired) electrons. The Labute approximate surface area is 170 Å². The highest BCUT2D eigenvalue weighted by Gasteiger charge is 2.25. The largest absolute Gasteiger partial charge is 0.338 e. The van der Waals surface area contributed by atoms with Crippen LogP contribution in [0.2, 0.25) is 0 Å². The van der Waals surface area contributed by atoms with Gasteiger partial charge in [-0.3, -0.25) is 19.5 Å². The molecule has 1 aromatic carbocycles. The van der Waals surface area contributed by atoms with Crippen LogP contribution in [0.15, 0.2) is 47.6 Å². The summed E-state index contributed by atoms with van der Waals surface area (Å²) in [6, 6.07) is 12.2. The van der Waals surface area contributed by atoms with E-state index in [0.29, 0.717) is 6.54 Å². The third kappa shape index (κ3) is 3.89. The normalized spacial score (nSPS) is 13.6. The van der Waals surface area contributed by atoms with Crippen molar-refractivity contribution in [1.82, 2.24) is 19.7 Å². The molecule has 29 heavy (non-hydrogen) atoms. The number of carbonyl (C=O) groups is 1. The second kappa shape index (κ2) is 7.87. The van der Waals surface area contributed by atoms with Gasteiger partial charge in [-0.25, -0.2) is 0 Å². The van der Waals surface area contributed by atoms with Crippen LogP contribution < -0.4 is 5.32 Å².